The quantitative estimate of drug-likeness (QED) is 0.0392. The van der Waals surface area contributed by atoms with Crippen LogP contribution in [0.1, 0.15) is 126 Å². The van der Waals surface area contributed by atoms with Crippen molar-refractivity contribution in [3.05, 3.63) is 59.2 Å². The molecule has 1 aromatic rings. The number of phosphoric acid groups is 1. The van der Waals surface area contributed by atoms with Crippen LogP contribution in [-0.4, -0.2) is 143 Å². The highest BCUT2D eigenvalue weighted by atomic mass is 31.2. The van der Waals surface area contributed by atoms with Crippen molar-refractivity contribution >= 4 is 55.4 Å². The molecular weight excluding hydrogens is 980 g/mol. The van der Waals surface area contributed by atoms with Crippen LogP contribution >= 0.6 is 7.82 Å². The Kier molecular flexibility index (Phi) is 27.8. The van der Waals surface area contributed by atoms with E-state index in [2.05, 4.69) is 25.8 Å². The molecule has 0 fully saturated rings. The molecule has 0 aromatic heterocycles. The van der Waals surface area contributed by atoms with Crippen molar-refractivity contribution in [2.24, 2.45) is 17.8 Å². The topological polar surface area (TPSA) is 286 Å². The molecule has 74 heavy (non-hydrogen) atoms. The van der Waals surface area contributed by atoms with Crippen LogP contribution in [0.25, 0.3) is 0 Å². The zero-order valence-corrected chi connectivity index (χ0v) is 46.2. The minimum atomic E-state index is -4.53. The third-order valence-corrected chi connectivity index (χ3v) is 13.4. The van der Waals surface area contributed by atoms with E-state index in [9.17, 15) is 42.9 Å². The second-order valence-corrected chi connectivity index (χ2v) is 20.8. The lowest BCUT2D eigenvalue weighted by Gasteiger charge is -2.33. The number of amides is 6. The van der Waals surface area contributed by atoms with Gasteiger partial charge in [0.1, 0.15) is 36.4 Å². The lowest BCUT2D eigenvalue weighted by atomic mass is 9.90. The molecule has 6 amide bonds. The molecule has 1 aliphatic rings. The molecule has 21 nitrogen and oxygen atoms in total. The van der Waals surface area contributed by atoms with Gasteiger partial charge in [0.05, 0.1) is 13.2 Å². The second-order valence-electron chi connectivity index (χ2n) is 19.6. The van der Waals surface area contributed by atoms with Crippen molar-refractivity contribution in [1.29, 1.82) is 0 Å². The summed E-state index contributed by atoms with van der Waals surface area (Å²) in [4.78, 5) is 131. The molecule has 22 heteroatoms. The van der Waals surface area contributed by atoms with Crippen LogP contribution in [-0.2, 0) is 63.3 Å². The summed E-state index contributed by atoms with van der Waals surface area (Å²) < 4.78 is 33.2. The van der Waals surface area contributed by atoms with Crippen LogP contribution in [0.2, 0.25) is 0 Å². The molecule has 0 bridgehead atoms. The Morgan fingerprint density at radius 3 is 2.12 bits per heavy atom. The summed E-state index contributed by atoms with van der Waals surface area (Å²) in [6.07, 6.45) is 2.56. The van der Waals surface area contributed by atoms with Gasteiger partial charge in [0, 0.05) is 45.0 Å². The molecule has 6 N–H and O–H groups in total. The first-order valence-electron chi connectivity index (χ1n) is 25.5. The summed E-state index contributed by atoms with van der Waals surface area (Å²) in [5.41, 5.74) is 1.35. The zero-order chi connectivity index (χ0) is 55.9. The molecule has 0 saturated heterocycles. The molecule has 0 unspecified atom stereocenters. The Morgan fingerprint density at radius 2 is 1.51 bits per heavy atom. The fraction of sp³-hybridized carbons (Fsp3) is 0.654. The van der Waals surface area contributed by atoms with Crippen LogP contribution in [0.5, 0.6) is 0 Å². The number of esters is 2. The number of hydrogen-bond donors (Lipinski definition) is 6. The first kappa shape index (κ1) is 64.5. The number of nitrogens with one attached hydrogen (secondary N) is 4. The average Bonchev–Trinajstić information content (AvgIpc) is 3.34. The fourth-order valence-corrected chi connectivity index (χ4v) is 8.37. The van der Waals surface area contributed by atoms with Crippen LogP contribution in [0, 0.1) is 17.8 Å². The van der Waals surface area contributed by atoms with E-state index in [1.54, 1.807) is 64.1 Å². The van der Waals surface area contributed by atoms with Gasteiger partial charge in [0.25, 0.3) is 5.91 Å². The number of cyclic esters (lactones) is 2. The number of rotatable bonds is 17. The first-order chi connectivity index (χ1) is 34.7. The van der Waals surface area contributed by atoms with E-state index in [0.29, 0.717) is 49.7 Å². The minimum absolute atomic E-state index is 0.0508. The number of alkyl carbamates (subject to hydrolysis) is 1. The van der Waals surface area contributed by atoms with E-state index >= 15 is 0 Å². The van der Waals surface area contributed by atoms with Gasteiger partial charge < -0.3 is 55.1 Å². The highest BCUT2D eigenvalue weighted by molar-refractivity contribution is 7.46. The normalized spacial score (nSPS) is 25.5. The number of carbonyl (C=O) groups excluding carboxylic acids is 8. The Bertz CT molecular complexity index is 2150. The van der Waals surface area contributed by atoms with Gasteiger partial charge in [0.15, 0.2) is 6.10 Å². The number of ether oxygens (including phenoxy) is 3. The number of nitrogens with zero attached hydrogens (tertiary/aromatic N) is 2. The van der Waals surface area contributed by atoms with Crippen molar-refractivity contribution in [1.82, 2.24) is 31.1 Å². The van der Waals surface area contributed by atoms with Gasteiger partial charge in [-0.3, -0.25) is 28.5 Å². The fourth-order valence-electron chi connectivity index (χ4n) is 8.00. The number of unbranched alkanes of at least 4 members (excludes halogenated alkanes) is 4. The number of phosphoric ester groups is 1. The number of hydrogen-bond acceptors (Lipinski definition) is 13. The van der Waals surface area contributed by atoms with Gasteiger partial charge in [-0.2, -0.15) is 0 Å². The van der Waals surface area contributed by atoms with Crippen molar-refractivity contribution in [3.63, 3.8) is 0 Å². The Balaban J connectivity index is 2.61. The van der Waals surface area contributed by atoms with Crippen molar-refractivity contribution in [3.8, 4) is 0 Å². The largest absolute Gasteiger partial charge is 0.469 e. The standard InChI is InChI=1S/C52H83N6O15P/c1-13-33(5)44-47(61)55-38(10)51(65)73-45(34(6)14-2)36(8)41(72-52(66)53-27-21-16-15-17-22-28-70-74(67,68)69)26-25-35(7)50(64)71-42(29-32(3)4)46(60)54-37(9)48(62)58(12)40(30-39-23-19-18-20-24-39)49(63)57(11)31-43(59)56-44/h14,18-20,23-25,32-33,36-38,40-42,44-45H,13,15-17,21-22,26-31H2,1-12H3,(H,53,66)(H,54,60)(H,55,61)(H,56,59)(H2,67,68,69)/b34-14+,35-25+/t33-,36+,37+,38-,40-,41+,42-,44+,45-/m1/s1. The maximum Gasteiger partial charge on any atom is 0.469 e. The zero-order valence-electron chi connectivity index (χ0n) is 45.3. The van der Waals surface area contributed by atoms with E-state index < -0.39 is 116 Å². The lowest BCUT2D eigenvalue weighted by molar-refractivity contribution is -0.155. The maximum atomic E-state index is 14.3. The molecular formula is C52H83N6O15P. The molecule has 0 saturated carbocycles. The highest BCUT2D eigenvalue weighted by Crippen LogP contribution is 2.36. The monoisotopic (exact) mass is 1060 g/mol. The highest BCUT2D eigenvalue weighted by Gasteiger charge is 2.38. The number of allylic oxidation sites excluding steroid dienone is 1. The first-order valence-corrected chi connectivity index (χ1v) is 27.0. The molecule has 2 rings (SSSR count). The number of benzene rings is 1. The summed E-state index contributed by atoms with van der Waals surface area (Å²) in [6.45, 7) is 16.4. The summed E-state index contributed by atoms with van der Waals surface area (Å²) in [7, 11) is -1.72. The summed E-state index contributed by atoms with van der Waals surface area (Å²) in [5, 5.41) is 10.8. The van der Waals surface area contributed by atoms with Gasteiger partial charge in [-0.05, 0) is 76.9 Å². The summed E-state index contributed by atoms with van der Waals surface area (Å²) >= 11 is 0. The van der Waals surface area contributed by atoms with Gasteiger partial charge >= 0.3 is 25.9 Å². The predicted molar refractivity (Wildman–Crippen MR) is 276 cm³/mol. The van der Waals surface area contributed by atoms with E-state index in [0.717, 1.165) is 4.90 Å². The summed E-state index contributed by atoms with van der Waals surface area (Å²) in [5.74, 6) is -6.40. The Labute approximate surface area is 436 Å². The SMILES string of the molecule is C/C=C(\C)[C@H]1OC(=O)[C@@H](C)NC(=O)[C@H]([C@H](C)CC)NC(=O)CN(C)C(=O)[C@@H](Cc2ccccc2)N(C)C(=O)[C@H](C)NC(=O)[C@@H](CC(C)C)OC(=O)/C(C)=C/C[C@H](OC(=O)NCCCCCCCOP(=O)(O)O)[C@@H]1C. The van der Waals surface area contributed by atoms with Gasteiger partial charge in [-0.1, -0.05) is 103 Å². The van der Waals surface area contributed by atoms with Crippen LogP contribution < -0.4 is 21.3 Å². The van der Waals surface area contributed by atoms with Crippen molar-refractivity contribution in [2.75, 3.05) is 33.8 Å². The Morgan fingerprint density at radius 1 is 0.892 bits per heavy atom. The third kappa shape index (κ3) is 22.5. The lowest BCUT2D eigenvalue weighted by Crippen LogP contribution is -2.57. The summed E-state index contributed by atoms with van der Waals surface area (Å²) in [6, 6.07) is 4.20. The molecule has 9 atom stereocenters. The van der Waals surface area contributed by atoms with Crippen LogP contribution in [0.4, 0.5) is 4.79 Å². The maximum absolute atomic E-state index is 14.3. The third-order valence-electron chi connectivity index (χ3n) is 12.9. The van der Waals surface area contributed by atoms with Gasteiger partial charge in [-0.25, -0.2) is 18.9 Å². The van der Waals surface area contributed by atoms with Crippen molar-refractivity contribution < 1.29 is 71.4 Å². The molecule has 0 aliphatic carbocycles. The Hall–Kier alpha value is -5.63. The average molecular weight is 1060 g/mol. The molecule has 416 valence electrons. The molecule has 1 heterocycles. The minimum Gasteiger partial charge on any atom is -0.456 e. The predicted octanol–water partition coefficient (Wildman–Crippen LogP) is 5.03. The molecule has 1 aromatic carbocycles. The van der Waals surface area contributed by atoms with Gasteiger partial charge in [0.2, 0.25) is 23.6 Å². The second kappa shape index (κ2) is 32.0. The van der Waals surface area contributed by atoms with E-state index in [1.807, 2.05) is 20.8 Å². The van der Waals surface area contributed by atoms with E-state index in [-0.39, 0.29) is 43.9 Å². The molecule has 0 radical (unpaired) electrons. The number of carbonyl (C=O) groups is 8. The van der Waals surface area contributed by atoms with Gasteiger partial charge in [-0.15, -0.1) is 0 Å². The van der Waals surface area contributed by atoms with Crippen molar-refractivity contribution in [2.45, 2.75) is 170 Å². The molecule has 1 aliphatic heterocycles. The van der Waals surface area contributed by atoms with Crippen LogP contribution in [0.3, 0.4) is 0 Å². The van der Waals surface area contributed by atoms with Crippen LogP contribution in [0.15, 0.2) is 53.6 Å². The van der Waals surface area contributed by atoms with E-state index in [1.165, 1.54) is 45.8 Å². The van der Waals surface area contributed by atoms with E-state index in [4.69, 9.17) is 24.0 Å². The number of likely N-dealkylation sites (N-methyl/N-ethyl adjacent to an activating group) is 2. The molecule has 0 spiro atoms. The smallest absolute Gasteiger partial charge is 0.456 e.